The van der Waals surface area contributed by atoms with E-state index in [4.69, 9.17) is 4.74 Å². The molecule has 1 aliphatic rings. The molecule has 1 N–H and O–H groups in total. The van der Waals surface area contributed by atoms with Crippen LogP contribution in [0.1, 0.15) is 6.92 Å². The Bertz CT molecular complexity index is 985. The lowest BCUT2D eigenvalue weighted by molar-refractivity contribution is 0.208. The van der Waals surface area contributed by atoms with Crippen molar-refractivity contribution in [3.05, 3.63) is 48.3 Å². The number of carbonyl (C=O) groups is 1. The van der Waals surface area contributed by atoms with Gasteiger partial charge in [0.25, 0.3) is 0 Å². The van der Waals surface area contributed by atoms with Gasteiger partial charge in [-0.2, -0.15) is 0 Å². The summed E-state index contributed by atoms with van der Waals surface area (Å²) in [5.74, 6) is 0.361. The highest BCUT2D eigenvalue weighted by Crippen LogP contribution is 2.31. The number of hydrogen-bond acceptors (Lipinski definition) is 5. The number of ether oxygens (including phenoxy) is 1. The molecule has 0 bridgehead atoms. The van der Waals surface area contributed by atoms with E-state index in [1.54, 1.807) is 11.0 Å². The molecule has 0 atom stereocenters. The second-order valence-corrected chi connectivity index (χ2v) is 7.43. The summed E-state index contributed by atoms with van der Waals surface area (Å²) in [5.41, 5.74) is 1.08. The average molecular weight is 400 g/mol. The van der Waals surface area contributed by atoms with Crippen molar-refractivity contribution in [3.63, 3.8) is 0 Å². The fraction of sp³-hybridized carbons (Fsp3) is 0.300. The Kier molecular flexibility index (Phi) is 5.29. The molecule has 8 heteroatoms. The molecule has 1 saturated heterocycles. The van der Waals surface area contributed by atoms with Gasteiger partial charge in [0.2, 0.25) is 0 Å². The van der Waals surface area contributed by atoms with Gasteiger partial charge in [0.15, 0.2) is 5.13 Å². The normalized spacial score (nSPS) is 14.4. The molecule has 4 rings (SSSR count). The number of hydrogen-bond donors (Lipinski definition) is 1. The molecule has 0 aliphatic carbocycles. The molecular formula is C20H21FN4O2S. The van der Waals surface area contributed by atoms with Crippen LogP contribution in [0.15, 0.2) is 42.5 Å². The van der Waals surface area contributed by atoms with Crippen LogP contribution >= 0.6 is 11.3 Å². The van der Waals surface area contributed by atoms with Crippen LogP contribution in [-0.2, 0) is 0 Å². The SMILES string of the molecule is CCOc1ccccc1NC(=O)N1CCN(c2nc3c(F)cccc3s2)CC1. The fourth-order valence-electron chi connectivity index (χ4n) is 3.18. The van der Waals surface area contributed by atoms with E-state index in [1.807, 2.05) is 37.3 Å². The molecule has 0 unspecified atom stereocenters. The fourth-order valence-corrected chi connectivity index (χ4v) is 4.22. The van der Waals surface area contributed by atoms with Crippen LogP contribution < -0.4 is 15.0 Å². The highest BCUT2D eigenvalue weighted by molar-refractivity contribution is 7.22. The molecule has 0 saturated carbocycles. The summed E-state index contributed by atoms with van der Waals surface area (Å²) >= 11 is 1.48. The molecule has 1 aliphatic heterocycles. The van der Waals surface area contributed by atoms with E-state index in [-0.39, 0.29) is 11.8 Å². The van der Waals surface area contributed by atoms with E-state index < -0.39 is 0 Å². The number of nitrogens with one attached hydrogen (secondary N) is 1. The molecule has 1 aromatic heterocycles. The van der Waals surface area contributed by atoms with Crippen molar-refractivity contribution < 1.29 is 13.9 Å². The van der Waals surface area contributed by atoms with Gasteiger partial charge in [-0.25, -0.2) is 14.2 Å². The van der Waals surface area contributed by atoms with Crippen molar-refractivity contribution in [3.8, 4) is 5.75 Å². The first-order chi connectivity index (χ1) is 13.7. The molecule has 0 spiro atoms. The zero-order valence-electron chi connectivity index (χ0n) is 15.5. The standard InChI is InChI=1S/C20H21FN4O2S/c1-2-27-16-8-4-3-7-15(16)22-19(26)24-10-12-25(13-11-24)20-23-18-14(21)6-5-9-17(18)28-20/h3-9H,2,10-13H2,1H3,(H,22,26). The Morgan fingerprint density at radius 2 is 1.96 bits per heavy atom. The van der Waals surface area contributed by atoms with Gasteiger partial charge in [-0.1, -0.05) is 29.5 Å². The Hall–Kier alpha value is -2.87. The third-order valence-electron chi connectivity index (χ3n) is 4.62. The van der Waals surface area contributed by atoms with E-state index in [2.05, 4.69) is 15.2 Å². The number of fused-ring (bicyclic) bond motifs is 1. The van der Waals surface area contributed by atoms with Crippen LogP contribution in [0.25, 0.3) is 10.2 Å². The average Bonchev–Trinajstić information content (AvgIpc) is 3.15. The maximum Gasteiger partial charge on any atom is 0.322 e. The summed E-state index contributed by atoms with van der Waals surface area (Å²) in [6.07, 6.45) is 0. The molecule has 146 valence electrons. The molecule has 3 aromatic rings. The predicted molar refractivity (Wildman–Crippen MR) is 110 cm³/mol. The molecular weight excluding hydrogens is 379 g/mol. The van der Waals surface area contributed by atoms with Crippen molar-refractivity contribution in [1.29, 1.82) is 0 Å². The Balaban J connectivity index is 1.39. The van der Waals surface area contributed by atoms with Crippen molar-refractivity contribution >= 4 is 38.4 Å². The van der Waals surface area contributed by atoms with E-state index in [1.165, 1.54) is 17.4 Å². The third-order valence-corrected chi connectivity index (χ3v) is 5.71. The number of nitrogens with zero attached hydrogens (tertiary/aromatic N) is 3. The number of amides is 2. The van der Waals surface area contributed by atoms with Gasteiger partial charge in [-0.15, -0.1) is 0 Å². The Morgan fingerprint density at radius 3 is 2.71 bits per heavy atom. The minimum absolute atomic E-state index is 0.151. The van der Waals surface area contributed by atoms with Crippen LogP contribution in [0.4, 0.5) is 20.0 Å². The number of carbonyl (C=O) groups excluding carboxylic acids is 1. The van der Waals surface area contributed by atoms with E-state index in [9.17, 15) is 9.18 Å². The Labute approximate surface area is 166 Å². The van der Waals surface area contributed by atoms with Crippen molar-refractivity contribution in [2.75, 3.05) is 43.0 Å². The monoisotopic (exact) mass is 400 g/mol. The summed E-state index contributed by atoms with van der Waals surface area (Å²) in [6.45, 7) is 4.89. The van der Waals surface area contributed by atoms with Crippen LogP contribution in [-0.4, -0.2) is 48.7 Å². The summed E-state index contributed by atoms with van der Waals surface area (Å²) in [4.78, 5) is 20.9. The maximum absolute atomic E-state index is 13.9. The highest BCUT2D eigenvalue weighted by atomic mass is 32.1. The Morgan fingerprint density at radius 1 is 1.18 bits per heavy atom. The smallest absolute Gasteiger partial charge is 0.322 e. The molecule has 28 heavy (non-hydrogen) atoms. The molecule has 6 nitrogen and oxygen atoms in total. The topological polar surface area (TPSA) is 57.7 Å². The van der Waals surface area contributed by atoms with Crippen molar-refractivity contribution in [2.45, 2.75) is 6.92 Å². The molecule has 2 amide bonds. The third kappa shape index (κ3) is 3.73. The number of para-hydroxylation sites is 3. The van der Waals surface area contributed by atoms with Crippen LogP contribution in [0.2, 0.25) is 0 Å². The highest BCUT2D eigenvalue weighted by Gasteiger charge is 2.24. The number of thiazole rings is 1. The van der Waals surface area contributed by atoms with E-state index in [0.717, 1.165) is 9.83 Å². The lowest BCUT2D eigenvalue weighted by atomic mass is 10.3. The van der Waals surface area contributed by atoms with Gasteiger partial charge in [-0.3, -0.25) is 0 Å². The zero-order chi connectivity index (χ0) is 19.5. The first-order valence-electron chi connectivity index (χ1n) is 9.23. The first-order valence-corrected chi connectivity index (χ1v) is 10.0. The van der Waals surface area contributed by atoms with E-state index >= 15 is 0 Å². The number of halogens is 1. The summed E-state index contributed by atoms with van der Waals surface area (Å²) in [7, 11) is 0. The summed E-state index contributed by atoms with van der Waals surface area (Å²) < 4.78 is 20.3. The number of urea groups is 1. The second-order valence-electron chi connectivity index (χ2n) is 6.42. The number of anilines is 2. The van der Waals surface area contributed by atoms with Gasteiger partial charge in [0.05, 0.1) is 17.0 Å². The number of benzene rings is 2. The number of piperazine rings is 1. The summed E-state index contributed by atoms with van der Waals surface area (Å²) in [5, 5.41) is 3.72. The van der Waals surface area contributed by atoms with Gasteiger partial charge < -0.3 is 19.9 Å². The van der Waals surface area contributed by atoms with Crippen LogP contribution in [0, 0.1) is 5.82 Å². The second kappa shape index (κ2) is 8.02. The first kappa shape index (κ1) is 18.5. The van der Waals surface area contributed by atoms with Gasteiger partial charge in [0, 0.05) is 26.2 Å². The minimum Gasteiger partial charge on any atom is -0.492 e. The zero-order valence-corrected chi connectivity index (χ0v) is 16.3. The maximum atomic E-state index is 13.9. The molecule has 2 heterocycles. The van der Waals surface area contributed by atoms with Crippen LogP contribution in [0.3, 0.4) is 0 Å². The van der Waals surface area contributed by atoms with Crippen molar-refractivity contribution in [2.24, 2.45) is 0 Å². The quantitative estimate of drug-likeness (QED) is 0.714. The predicted octanol–water partition coefficient (Wildman–Crippen LogP) is 4.19. The molecule has 2 aromatic carbocycles. The van der Waals surface area contributed by atoms with Gasteiger partial charge >= 0.3 is 6.03 Å². The molecule has 0 radical (unpaired) electrons. The lowest BCUT2D eigenvalue weighted by Gasteiger charge is -2.34. The van der Waals surface area contributed by atoms with E-state index in [0.29, 0.717) is 49.7 Å². The van der Waals surface area contributed by atoms with Gasteiger partial charge in [0.1, 0.15) is 17.1 Å². The summed E-state index contributed by atoms with van der Waals surface area (Å²) in [6, 6.07) is 12.2. The van der Waals surface area contributed by atoms with Gasteiger partial charge in [-0.05, 0) is 31.2 Å². The number of rotatable bonds is 4. The van der Waals surface area contributed by atoms with Crippen LogP contribution in [0.5, 0.6) is 5.75 Å². The molecule has 1 fully saturated rings. The minimum atomic E-state index is -0.300. The lowest BCUT2D eigenvalue weighted by Crippen LogP contribution is -2.50. The largest absolute Gasteiger partial charge is 0.492 e. The number of aromatic nitrogens is 1. The van der Waals surface area contributed by atoms with Crippen molar-refractivity contribution in [1.82, 2.24) is 9.88 Å².